The highest BCUT2D eigenvalue weighted by molar-refractivity contribution is 14.1. The van der Waals surface area contributed by atoms with Crippen LogP contribution < -0.4 is 0 Å². The fourth-order valence-corrected chi connectivity index (χ4v) is 0.862. The van der Waals surface area contributed by atoms with Crippen LogP contribution in [-0.2, 0) is 6.73 Å². The smallest absolute Gasteiger partial charge is 0.136 e. The Balaban J connectivity index is 2.84. The summed E-state index contributed by atoms with van der Waals surface area (Å²) in [6, 6.07) is 0. The minimum atomic E-state index is -0.0387. The highest BCUT2D eigenvalue weighted by Gasteiger charge is 1.88. The minimum absolute atomic E-state index is 0.0387. The van der Waals surface area contributed by atoms with Crippen LogP contribution in [0, 0.1) is 3.57 Å². The number of aromatic nitrogens is 2. The second-order valence-corrected chi connectivity index (χ2v) is 2.59. The molecule has 0 amide bonds. The Labute approximate surface area is 60.5 Å². The fourth-order valence-electron chi connectivity index (χ4n) is 0.416. The summed E-state index contributed by atoms with van der Waals surface area (Å²) in [5, 5.41) is 12.2. The lowest BCUT2D eigenvalue weighted by Gasteiger charge is -1.87. The van der Waals surface area contributed by atoms with Crippen LogP contribution in [0.25, 0.3) is 0 Å². The van der Waals surface area contributed by atoms with Gasteiger partial charge in [0.2, 0.25) is 0 Å². The van der Waals surface area contributed by atoms with Crippen molar-refractivity contribution in [1.29, 1.82) is 0 Å². The minimum Gasteiger partial charge on any atom is -0.374 e. The molecule has 0 bridgehead atoms. The standard InChI is InChI=1S/C4H5IN2O/c5-4-1-6-7(2-4)3-8/h1-2,8H,3H2. The molecule has 0 spiro atoms. The molecule has 0 unspecified atom stereocenters. The van der Waals surface area contributed by atoms with Crippen molar-refractivity contribution in [3.8, 4) is 0 Å². The van der Waals surface area contributed by atoms with Gasteiger partial charge >= 0.3 is 0 Å². The van der Waals surface area contributed by atoms with Gasteiger partial charge in [-0.2, -0.15) is 5.10 Å². The summed E-state index contributed by atoms with van der Waals surface area (Å²) >= 11 is 2.13. The topological polar surface area (TPSA) is 38.0 Å². The first-order valence-corrected chi connectivity index (χ1v) is 3.19. The molecule has 8 heavy (non-hydrogen) atoms. The Hall–Kier alpha value is -0.100. The van der Waals surface area contributed by atoms with Gasteiger partial charge in [-0.15, -0.1) is 0 Å². The summed E-state index contributed by atoms with van der Waals surface area (Å²) in [5.74, 6) is 0. The van der Waals surface area contributed by atoms with Crippen molar-refractivity contribution in [3.63, 3.8) is 0 Å². The predicted molar refractivity (Wildman–Crippen MR) is 37.2 cm³/mol. The molecule has 4 heteroatoms. The first kappa shape index (κ1) is 6.03. The Bertz CT molecular complexity index is 174. The van der Waals surface area contributed by atoms with Gasteiger partial charge in [-0.25, -0.2) is 4.68 Å². The van der Waals surface area contributed by atoms with Gasteiger partial charge in [-0.1, -0.05) is 0 Å². The van der Waals surface area contributed by atoms with Gasteiger partial charge in [0.1, 0.15) is 6.73 Å². The van der Waals surface area contributed by atoms with Crippen LogP contribution >= 0.6 is 22.6 Å². The van der Waals surface area contributed by atoms with Crippen molar-refractivity contribution in [2.75, 3.05) is 0 Å². The second kappa shape index (κ2) is 2.45. The molecule has 1 heterocycles. The Morgan fingerprint density at radius 3 is 2.88 bits per heavy atom. The third kappa shape index (κ3) is 1.19. The molecular formula is C4H5IN2O. The molecule has 0 aliphatic rings. The summed E-state index contributed by atoms with van der Waals surface area (Å²) in [6.07, 6.45) is 3.46. The van der Waals surface area contributed by atoms with E-state index in [0.717, 1.165) is 3.57 Å². The van der Waals surface area contributed by atoms with Crippen molar-refractivity contribution >= 4 is 22.6 Å². The zero-order valence-corrected chi connectivity index (χ0v) is 6.24. The second-order valence-electron chi connectivity index (χ2n) is 1.34. The van der Waals surface area contributed by atoms with E-state index >= 15 is 0 Å². The van der Waals surface area contributed by atoms with Crippen LogP contribution in [0.1, 0.15) is 0 Å². The predicted octanol–water partition coefficient (Wildman–Crippen LogP) is 0.438. The van der Waals surface area contributed by atoms with Gasteiger partial charge in [-0.05, 0) is 22.6 Å². The lowest BCUT2D eigenvalue weighted by Crippen LogP contribution is -1.94. The number of aliphatic hydroxyl groups is 1. The first-order valence-electron chi connectivity index (χ1n) is 2.12. The Morgan fingerprint density at radius 1 is 1.88 bits per heavy atom. The number of halogens is 1. The molecule has 0 radical (unpaired) electrons. The molecule has 1 aromatic heterocycles. The quantitative estimate of drug-likeness (QED) is 0.702. The van der Waals surface area contributed by atoms with Crippen LogP contribution in [0.15, 0.2) is 12.4 Å². The normalized spacial score (nSPS) is 9.75. The molecule has 44 valence electrons. The van der Waals surface area contributed by atoms with E-state index in [0.29, 0.717) is 0 Å². The summed E-state index contributed by atoms with van der Waals surface area (Å²) in [4.78, 5) is 0. The molecule has 0 aliphatic heterocycles. The van der Waals surface area contributed by atoms with Crippen molar-refractivity contribution < 1.29 is 5.11 Å². The zero-order chi connectivity index (χ0) is 5.98. The fraction of sp³-hybridized carbons (Fsp3) is 0.250. The van der Waals surface area contributed by atoms with E-state index in [1.807, 2.05) is 0 Å². The monoisotopic (exact) mass is 224 g/mol. The van der Waals surface area contributed by atoms with Crippen LogP contribution in [0.4, 0.5) is 0 Å². The molecule has 0 aromatic carbocycles. The molecule has 0 saturated carbocycles. The maximum Gasteiger partial charge on any atom is 0.136 e. The number of hydrogen-bond donors (Lipinski definition) is 1. The van der Waals surface area contributed by atoms with Crippen LogP contribution in [0.3, 0.4) is 0 Å². The van der Waals surface area contributed by atoms with Gasteiger partial charge in [0.05, 0.1) is 9.77 Å². The maximum atomic E-state index is 8.45. The number of rotatable bonds is 1. The largest absolute Gasteiger partial charge is 0.374 e. The van der Waals surface area contributed by atoms with Crippen LogP contribution in [-0.4, -0.2) is 14.9 Å². The Kier molecular flexibility index (Phi) is 1.85. The molecule has 1 rings (SSSR count). The van der Waals surface area contributed by atoms with E-state index in [9.17, 15) is 0 Å². The molecule has 3 nitrogen and oxygen atoms in total. The van der Waals surface area contributed by atoms with E-state index in [1.165, 1.54) is 4.68 Å². The lowest BCUT2D eigenvalue weighted by molar-refractivity contribution is 0.195. The number of nitrogens with zero attached hydrogens (tertiary/aromatic N) is 2. The van der Waals surface area contributed by atoms with Crippen molar-refractivity contribution in [2.45, 2.75) is 6.73 Å². The zero-order valence-electron chi connectivity index (χ0n) is 4.08. The SMILES string of the molecule is OCn1cc(I)cn1. The lowest BCUT2D eigenvalue weighted by atomic mass is 10.8. The van der Waals surface area contributed by atoms with Crippen molar-refractivity contribution in [1.82, 2.24) is 9.78 Å². The van der Waals surface area contributed by atoms with E-state index in [2.05, 4.69) is 27.7 Å². The summed E-state index contributed by atoms with van der Waals surface area (Å²) in [7, 11) is 0. The van der Waals surface area contributed by atoms with E-state index < -0.39 is 0 Å². The highest BCUT2D eigenvalue weighted by atomic mass is 127. The highest BCUT2D eigenvalue weighted by Crippen LogP contribution is 1.99. The van der Waals surface area contributed by atoms with Gasteiger partial charge in [0.25, 0.3) is 0 Å². The number of aliphatic hydroxyl groups excluding tert-OH is 1. The summed E-state index contributed by atoms with van der Waals surface area (Å²) in [6.45, 7) is -0.0387. The number of hydrogen-bond acceptors (Lipinski definition) is 2. The van der Waals surface area contributed by atoms with Crippen molar-refractivity contribution in [3.05, 3.63) is 16.0 Å². The van der Waals surface area contributed by atoms with E-state index in [4.69, 9.17) is 5.11 Å². The Morgan fingerprint density at radius 2 is 2.62 bits per heavy atom. The van der Waals surface area contributed by atoms with Gasteiger partial charge < -0.3 is 5.11 Å². The third-order valence-corrected chi connectivity index (χ3v) is 1.30. The van der Waals surface area contributed by atoms with E-state index in [1.54, 1.807) is 12.4 Å². The molecular weight excluding hydrogens is 219 g/mol. The molecule has 1 aromatic rings. The summed E-state index contributed by atoms with van der Waals surface area (Å²) < 4.78 is 2.50. The van der Waals surface area contributed by atoms with Gasteiger partial charge in [0.15, 0.2) is 0 Å². The van der Waals surface area contributed by atoms with Gasteiger partial charge in [-0.3, -0.25) is 0 Å². The van der Waals surface area contributed by atoms with E-state index in [-0.39, 0.29) is 6.73 Å². The molecule has 1 N–H and O–H groups in total. The van der Waals surface area contributed by atoms with Gasteiger partial charge in [0, 0.05) is 6.20 Å². The summed E-state index contributed by atoms with van der Waals surface area (Å²) in [5.41, 5.74) is 0. The first-order chi connectivity index (χ1) is 3.83. The molecule has 0 atom stereocenters. The average molecular weight is 224 g/mol. The van der Waals surface area contributed by atoms with Crippen LogP contribution in [0.2, 0.25) is 0 Å². The average Bonchev–Trinajstić information content (AvgIpc) is 2.14. The molecule has 0 fully saturated rings. The maximum absolute atomic E-state index is 8.45. The third-order valence-electron chi connectivity index (χ3n) is 0.747. The molecule has 0 aliphatic carbocycles. The van der Waals surface area contributed by atoms with Crippen LogP contribution in [0.5, 0.6) is 0 Å². The van der Waals surface area contributed by atoms with Crippen molar-refractivity contribution in [2.24, 2.45) is 0 Å². The molecule has 0 saturated heterocycles.